The van der Waals surface area contributed by atoms with E-state index in [-0.39, 0.29) is 16.8 Å². The lowest BCUT2D eigenvalue weighted by Gasteiger charge is -2.11. The molecule has 0 aliphatic rings. The third-order valence-corrected chi connectivity index (χ3v) is 3.49. The maximum Gasteiger partial charge on any atom is 0.165 e. The van der Waals surface area contributed by atoms with Gasteiger partial charge in [-0.25, -0.2) is 4.39 Å². The summed E-state index contributed by atoms with van der Waals surface area (Å²) in [6.07, 6.45) is 0.606. The first-order valence-electron chi connectivity index (χ1n) is 6.13. The van der Waals surface area contributed by atoms with Gasteiger partial charge in [-0.1, -0.05) is 35.3 Å². The van der Waals surface area contributed by atoms with E-state index in [0.29, 0.717) is 17.2 Å². The van der Waals surface area contributed by atoms with Crippen molar-refractivity contribution in [3.8, 4) is 11.5 Å². The van der Waals surface area contributed by atoms with Crippen LogP contribution < -0.4 is 10.5 Å². The first kappa shape index (κ1) is 15.1. The lowest BCUT2D eigenvalue weighted by Crippen LogP contribution is -2.17. The lowest BCUT2D eigenvalue weighted by atomic mass is 10.1. The molecule has 20 heavy (non-hydrogen) atoms. The maximum absolute atomic E-state index is 14.0. The van der Waals surface area contributed by atoms with E-state index >= 15 is 0 Å². The summed E-state index contributed by atoms with van der Waals surface area (Å²) in [5.41, 5.74) is 6.51. The van der Waals surface area contributed by atoms with Gasteiger partial charge in [0.15, 0.2) is 11.6 Å². The highest BCUT2D eigenvalue weighted by atomic mass is 35.5. The molecule has 2 aromatic carbocycles. The van der Waals surface area contributed by atoms with E-state index in [1.165, 1.54) is 6.07 Å². The fourth-order valence-electron chi connectivity index (χ4n) is 1.81. The van der Waals surface area contributed by atoms with Crippen molar-refractivity contribution < 1.29 is 9.13 Å². The van der Waals surface area contributed by atoms with E-state index in [2.05, 4.69) is 0 Å². The van der Waals surface area contributed by atoms with Crippen LogP contribution in [0.15, 0.2) is 36.4 Å². The summed E-state index contributed by atoms with van der Waals surface area (Å²) in [5, 5.41) is 0.617. The van der Waals surface area contributed by atoms with Gasteiger partial charge >= 0.3 is 0 Å². The van der Waals surface area contributed by atoms with Crippen molar-refractivity contribution in [1.29, 1.82) is 0 Å². The molecule has 2 nitrogen and oxygen atoms in total. The van der Waals surface area contributed by atoms with E-state index in [9.17, 15) is 4.39 Å². The number of benzene rings is 2. The van der Waals surface area contributed by atoms with Gasteiger partial charge in [-0.05, 0) is 43.2 Å². The molecule has 2 aromatic rings. The Morgan fingerprint density at radius 3 is 2.60 bits per heavy atom. The van der Waals surface area contributed by atoms with Crippen molar-refractivity contribution >= 4 is 23.2 Å². The summed E-state index contributed by atoms with van der Waals surface area (Å²) < 4.78 is 19.4. The highest BCUT2D eigenvalue weighted by Gasteiger charge is 2.11. The number of hydrogen-bond acceptors (Lipinski definition) is 2. The van der Waals surface area contributed by atoms with Gasteiger partial charge in [-0.2, -0.15) is 0 Å². The molecule has 0 bridgehead atoms. The molecule has 5 heteroatoms. The van der Waals surface area contributed by atoms with Gasteiger partial charge < -0.3 is 10.5 Å². The molecule has 2 rings (SSSR count). The first-order chi connectivity index (χ1) is 9.47. The molecule has 0 saturated carbocycles. The average Bonchev–Trinajstić information content (AvgIpc) is 2.37. The van der Waals surface area contributed by atoms with E-state index in [1.54, 1.807) is 30.3 Å². The Morgan fingerprint density at radius 1 is 1.20 bits per heavy atom. The van der Waals surface area contributed by atoms with Crippen LogP contribution in [0.4, 0.5) is 4.39 Å². The minimum atomic E-state index is -0.459. The highest BCUT2D eigenvalue weighted by molar-refractivity contribution is 6.42. The van der Waals surface area contributed by atoms with Crippen molar-refractivity contribution in [2.45, 2.75) is 19.4 Å². The van der Waals surface area contributed by atoms with Gasteiger partial charge in [0.2, 0.25) is 0 Å². The third-order valence-electron chi connectivity index (χ3n) is 2.69. The Labute approximate surface area is 127 Å². The molecule has 1 atom stereocenters. The Hall–Kier alpha value is -1.29. The zero-order valence-electron chi connectivity index (χ0n) is 10.9. The van der Waals surface area contributed by atoms with E-state index in [0.717, 1.165) is 5.56 Å². The van der Waals surface area contributed by atoms with E-state index in [4.69, 9.17) is 33.7 Å². The molecule has 0 aliphatic heterocycles. The number of ether oxygens (including phenoxy) is 1. The maximum atomic E-state index is 14.0. The van der Waals surface area contributed by atoms with Crippen molar-refractivity contribution in [3.05, 3.63) is 57.8 Å². The largest absolute Gasteiger partial charge is 0.453 e. The summed E-state index contributed by atoms with van der Waals surface area (Å²) in [6.45, 7) is 1.87. The van der Waals surface area contributed by atoms with Crippen molar-refractivity contribution in [2.24, 2.45) is 5.73 Å². The van der Waals surface area contributed by atoms with Crippen molar-refractivity contribution in [2.75, 3.05) is 0 Å². The van der Waals surface area contributed by atoms with Gasteiger partial charge in [0, 0.05) is 6.04 Å². The second-order valence-electron chi connectivity index (χ2n) is 4.60. The molecule has 0 fully saturated rings. The predicted molar refractivity (Wildman–Crippen MR) is 80.3 cm³/mol. The van der Waals surface area contributed by atoms with Crippen molar-refractivity contribution in [3.63, 3.8) is 0 Å². The number of rotatable bonds is 4. The van der Waals surface area contributed by atoms with Gasteiger partial charge in [0.25, 0.3) is 0 Å². The molecule has 0 aromatic heterocycles. The van der Waals surface area contributed by atoms with Crippen LogP contribution in [-0.4, -0.2) is 6.04 Å². The van der Waals surface area contributed by atoms with Gasteiger partial charge in [-0.15, -0.1) is 0 Å². The van der Waals surface area contributed by atoms with Crippen molar-refractivity contribution in [1.82, 2.24) is 0 Å². The third kappa shape index (κ3) is 3.63. The molecule has 1 unspecified atom stereocenters. The van der Waals surface area contributed by atoms with Gasteiger partial charge in [0.05, 0.1) is 5.02 Å². The van der Waals surface area contributed by atoms with Gasteiger partial charge in [-0.3, -0.25) is 0 Å². The Bertz CT molecular complexity index is 617. The molecule has 0 aliphatic carbocycles. The van der Waals surface area contributed by atoms with Crippen LogP contribution in [-0.2, 0) is 6.42 Å². The summed E-state index contributed by atoms with van der Waals surface area (Å²) >= 11 is 11.9. The summed E-state index contributed by atoms with van der Waals surface area (Å²) in [5.74, 6) is -0.0419. The zero-order valence-corrected chi connectivity index (χ0v) is 12.4. The minimum Gasteiger partial charge on any atom is -0.453 e. The summed E-state index contributed by atoms with van der Waals surface area (Å²) in [7, 11) is 0. The monoisotopic (exact) mass is 313 g/mol. The molecule has 2 N–H and O–H groups in total. The molecule has 0 radical (unpaired) electrons. The van der Waals surface area contributed by atoms with Gasteiger partial charge in [0.1, 0.15) is 10.8 Å². The molecule has 106 valence electrons. The van der Waals surface area contributed by atoms with E-state index < -0.39 is 5.82 Å². The predicted octanol–water partition coefficient (Wildman–Crippen LogP) is 4.81. The fourth-order valence-corrected chi connectivity index (χ4v) is 2.14. The van der Waals surface area contributed by atoms with Crippen LogP contribution in [0.2, 0.25) is 10.0 Å². The Morgan fingerprint density at radius 2 is 1.95 bits per heavy atom. The zero-order chi connectivity index (χ0) is 14.7. The smallest absolute Gasteiger partial charge is 0.165 e. The number of hydrogen-bond donors (Lipinski definition) is 1. The fraction of sp³-hybridized carbons (Fsp3) is 0.200. The van der Waals surface area contributed by atoms with E-state index in [1.807, 2.05) is 6.92 Å². The highest BCUT2D eigenvalue weighted by Crippen LogP contribution is 2.35. The average molecular weight is 314 g/mol. The second kappa shape index (κ2) is 6.44. The Balaban J connectivity index is 2.24. The SMILES string of the molecule is CC(N)Cc1ccc(Oc2cccc(Cl)c2Cl)c(F)c1. The Kier molecular flexibility index (Phi) is 4.86. The molecular formula is C15H14Cl2FNO. The number of nitrogens with two attached hydrogens (primary N) is 1. The standard InChI is InChI=1S/C15H14Cl2FNO/c1-9(19)7-10-5-6-13(12(18)8-10)20-14-4-2-3-11(16)15(14)17/h2-6,8-9H,7,19H2,1H3. The van der Waals surface area contributed by atoms with Crippen LogP contribution in [0.1, 0.15) is 12.5 Å². The molecular weight excluding hydrogens is 300 g/mol. The second-order valence-corrected chi connectivity index (χ2v) is 5.39. The lowest BCUT2D eigenvalue weighted by molar-refractivity contribution is 0.441. The van der Waals surface area contributed by atoms with Crippen LogP contribution in [0, 0.1) is 5.82 Å². The van der Waals surface area contributed by atoms with Crippen LogP contribution >= 0.6 is 23.2 Å². The topological polar surface area (TPSA) is 35.2 Å². The quantitative estimate of drug-likeness (QED) is 0.878. The van der Waals surface area contributed by atoms with Crippen LogP contribution in [0.5, 0.6) is 11.5 Å². The number of halogens is 3. The normalized spacial score (nSPS) is 12.2. The van der Waals surface area contributed by atoms with Crippen LogP contribution in [0.3, 0.4) is 0 Å². The van der Waals surface area contributed by atoms with Crippen LogP contribution in [0.25, 0.3) is 0 Å². The molecule has 0 heterocycles. The summed E-state index contributed by atoms with van der Waals surface area (Å²) in [4.78, 5) is 0. The summed E-state index contributed by atoms with van der Waals surface area (Å²) in [6, 6.07) is 9.68. The first-order valence-corrected chi connectivity index (χ1v) is 6.89. The molecule has 0 saturated heterocycles. The molecule has 0 amide bonds. The minimum absolute atomic E-state index is 0.0245. The molecule has 0 spiro atoms.